The molecule has 1 aromatic rings. The van der Waals surface area contributed by atoms with Crippen LogP contribution < -0.4 is 21.3 Å². The van der Waals surface area contributed by atoms with Crippen molar-refractivity contribution in [3.05, 3.63) is 11.3 Å². The number of hydrogen-bond acceptors (Lipinski definition) is 7. The summed E-state index contributed by atoms with van der Waals surface area (Å²) < 4.78 is 0. The number of nitriles is 1. The van der Waals surface area contributed by atoms with Gasteiger partial charge in [0.15, 0.2) is 0 Å². The Morgan fingerprint density at radius 3 is 2.93 bits per heavy atom. The Bertz CT molecular complexity index is 745. The molecular formula is C21H33N7O. The first-order chi connectivity index (χ1) is 14.1. The number of rotatable bonds is 8. The van der Waals surface area contributed by atoms with Gasteiger partial charge in [0.1, 0.15) is 5.82 Å². The SMILES string of the molecule is CC(=O)N[C@@H]1CCCN(c2nc(NCCC(N)CCC#N)nc3c2CCCC3)C1. The Kier molecular flexibility index (Phi) is 7.64. The van der Waals surface area contributed by atoms with Crippen molar-refractivity contribution < 1.29 is 4.79 Å². The summed E-state index contributed by atoms with van der Waals surface area (Å²) in [4.78, 5) is 23.5. The highest BCUT2D eigenvalue weighted by atomic mass is 16.1. The summed E-state index contributed by atoms with van der Waals surface area (Å²) in [5.41, 5.74) is 8.49. The van der Waals surface area contributed by atoms with Crippen molar-refractivity contribution in [2.24, 2.45) is 5.73 Å². The van der Waals surface area contributed by atoms with Crippen LogP contribution in [0.4, 0.5) is 11.8 Å². The van der Waals surface area contributed by atoms with Gasteiger partial charge in [-0.1, -0.05) is 0 Å². The van der Waals surface area contributed by atoms with Gasteiger partial charge in [0, 0.05) is 50.6 Å². The fourth-order valence-electron chi connectivity index (χ4n) is 4.25. The third-order valence-electron chi connectivity index (χ3n) is 5.71. The van der Waals surface area contributed by atoms with E-state index in [1.165, 1.54) is 12.0 Å². The number of anilines is 2. The number of amides is 1. The molecule has 1 aromatic heterocycles. The average molecular weight is 400 g/mol. The molecule has 2 atom stereocenters. The van der Waals surface area contributed by atoms with Crippen LogP contribution in [0.15, 0.2) is 0 Å². The zero-order valence-corrected chi connectivity index (χ0v) is 17.4. The number of piperidine rings is 1. The number of nitrogens with zero attached hydrogens (tertiary/aromatic N) is 4. The molecule has 0 bridgehead atoms. The second-order valence-corrected chi connectivity index (χ2v) is 8.16. The average Bonchev–Trinajstić information content (AvgIpc) is 2.71. The predicted octanol–water partition coefficient (Wildman–Crippen LogP) is 1.89. The van der Waals surface area contributed by atoms with Crippen LogP contribution in [0.1, 0.15) is 63.1 Å². The van der Waals surface area contributed by atoms with Crippen molar-refractivity contribution in [1.82, 2.24) is 15.3 Å². The molecule has 1 fully saturated rings. The molecule has 0 aromatic carbocycles. The topological polar surface area (TPSA) is 120 Å². The maximum atomic E-state index is 11.5. The van der Waals surface area contributed by atoms with Gasteiger partial charge >= 0.3 is 0 Å². The van der Waals surface area contributed by atoms with E-state index in [1.807, 2.05) is 0 Å². The van der Waals surface area contributed by atoms with Crippen LogP contribution in [0.25, 0.3) is 0 Å². The number of aromatic nitrogens is 2. The number of nitrogens with two attached hydrogens (primary N) is 1. The maximum absolute atomic E-state index is 11.5. The molecule has 1 amide bonds. The molecule has 158 valence electrons. The van der Waals surface area contributed by atoms with E-state index in [1.54, 1.807) is 6.92 Å². The highest BCUT2D eigenvalue weighted by Gasteiger charge is 2.26. The number of aryl methyl sites for hydroxylation is 1. The standard InChI is InChI=1S/C21H33N7O/c1-15(29)25-17-7-5-13-28(14-17)20-18-8-2-3-9-19(18)26-21(27-20)24-12-10-16(23)6-4-11-22/h16-17H,2-10,12-14,23H2,1H3,(H,25,29)(H,24,26,27)/t16?,17-/m1/s1. The lowest BCUT2D eigenvalue weighted by Gasteiger charge is -2.36. The molecule has 1 aliphatic carbocycles. The molecule has 3 rings (SSSR count). The normalized spacial score (nSPS) is 19.8. The largest absolute Gasteiger partial charge is 0.354 e. The van der Waals surface area contributed by atoms with E-state index in [0.717, 1.165) is 63.1 Å². The third kappa shape index (κ3) is 6.04. The molecule has 1 unspecified atom stereocenters. The Balaban J connectivity index is 1.71. The number of carbonyl (C=O) groups is 1. The number of nitrogens with one attached hydrogen (secondary N) is 2. The van der Waals surface area contributed by atoms with Crippen LogP contribution in [-0.4, -0.2) is 47.6 Å². The molecule has 2 aliphatic rings. The highest BCUT2D eigenvalue weighted by Crippen LogP contribution is 2.30. The quantitative estimate of drug-likeness (QED) is 0.610. The first-order valence-electron chi connectivity index (χ1n) is 10.8. The summed E-state index contributed by atoms with van der Waals surface area (Å²) in [7, 11) is 0. The molecule has 0 radical (unpaired) electrons. The predicted molar refractivity (Wildman–Crippen MR) is 114 cm³/mol. The van der Waals surface area contributed by atoms with Crippen molar-refractivity contribution in [3.63, 3.8) is 0 Å². The summed E-state index contributed by atoms with van der Waals surface area (Å²) in [6, 6.07) is 2.33. The fourth-order valence-corrected chi connectivity index (χ4v) is 4.25. The van der Waals surface area contributed by atoms with E-state index in [9.17, 15) is 4.79 Å². The first-order valence-corrected chi connectivity index (χ1v) is 10.8. The Hall–Kier alpha value is -2.40. The van der Waals surface area contributed by atoms with E-state index < -0.39 is 0 Å². The number of carbonyl (C=O) groups excluding carboxylic acids is 1. The monoisotopic (exact) mass is 399 g/mol. The van der Waals surface area contributed by atoms with Gasteiger partial charge in [0.2, 0.25) is 11.9 Å². The summed E-state index contributed by atoms with van der Waals surface area (Å²) in [6.07, 6.45) is 8.39. The molecule has 4 N–H and O–H groups in total. The zero-order valence-electron chi connectivity index (χ0n) is 17.4. The minimum Gasteiger partial charge on any atom is -0.354 e. The van der Waals surface area contributed by atoms with E-state index in [0.29, 0.717) is 25.3 Å². The van der Waals surface area contributed by atoms with Crippen molar-refractivity contribution in [2.45, 2.75) is 76.8 Å². The van der Waals surface area contributed by atoms with Crippen LogP contribution in [0.5, 0.6) is 0 Å². The molecule has 8 nitrogen and oxygen atoms in total. The highest BCUT2D eigenvalue weighted by molar-refractivity contribution is 5.73. The molecule has 1 aliphatic heterocycles. The van der Waals surface area contributed by atoms with Crippen LogP contribution in [0.2, 0.25) is 0 Å². The third-order valence-corrected chi connectivity index (χ3v) is 5.71. The summed E-state index contributed by atoms with van der Waals surface area (Å²) in [6.45, 7) is 4.02. The Morgan fingerprint density at radius 1 is 1.31 bits per heavy atom. The van der Waals surface area contributed by atoms with Gasteiger partial charge in [-0.25, -0.2) is 4.98 Å². The smallest absolute Gasteiger partial charge is 0.224 e. The van der Waals surface area contributed by atoms with E-state index in [4.69, 9.17) is 21.0 Å². The van der Waals surface area contributed by atoms with Gasteiger partial charge in [-0.3, -0.25) is 4.79 Å². The van der Waals surface area contributed by atoms with Crippen molar-refractivity contribution in [3.8, 4) is 6.07 Å². The molecular weight excluding hydrogens is 366 g/mol. The Labute approximate surface area is 173 Å². The Morgan fingerprint density at radius 2 is 2.14 bits per heavy atom. The first kappa shape index (κ1) is 21.3. The van der Waals surface area contributed by atoms with Crippen molar-refractivity contribution in [2.75, 3.05) is 29.9 Å². The van der Waals surface area contributed by atoms with Gasteiger partial charge in [0.05, 0.1) is 11.8 Å². The summed E-state index contributed by atoms with van der Waals surface area (Å²) >= 11 is 0. The van der Waals surface area contributed by atoms with E-state index in [-0.39, 0.29) is 18.0 Å². The molecule has 0 spiro atoms. The molecule has 0 saturated carbocycles. The minimum atomic E-state index is 0.0137. The van der Waals surface area contributed by atoms with Gasteiger partial charge in [-0.2, -0.15) is 10.2 Å². The van der Waals surface area contributed by atoms with E-state index >= 15 is 0 Å². The van der Waals surface area contributed by atoms with Crippen LogP contribution in [-0.2, 0) is 17.6 Å². The minimum absolute atomic E-state index is 0.0137. The molecule has 29 heavy (non-hydrogen) atoms. The number of hydrogen-bond donors (Lipinski definition) is 3. The molecule has 1 saturated heterocycles. The van der Waals surface area contributed by atoms with Gasteiger partial charge in [0.25, 0.3) is 0 Å². The van der Waals surface area contributed by atoms with Gasteiger partial charge in [-0.15, -0.1) is 0 Å². The summed E-state index contributed by atoms with van der Waals surface area (Å²) in [5, 5.41) is 15.1. The lowest BCUT2D eigenvalue weighted by atomic mass is 9.95. The lowest BCUT2D eigenvalue weighted by Crippen LogP contribution is -2.48. The number of fused-ring (bicyclic) bond motifs is 1. The van der Waals surface area contributed by atoms with E-state index in [2.05, 4.69) is 21.6 Å². The lowest BCUT2D eigenvalue weighted by molar-refractivity contribution is -0.119. The van der Waals surface area contributed by atoms with Gasteiger partial charge in [-0.05, 0) is 51.4 Å². The fraction of sp³-hybridized carbons (Fsp3) is 0.714. The van der Waals surface area contributed by atoms with Crippen molar-refractivity contribution >= 4 is 17.7 Å². The van der Waals surface area contributed by atoms with Crippen LogP contribution in [0, 0.1) is 11.3 Å². The second-order valence-electron chi connectivity index (χ2n) is 8.16. The maximum Gasteiger partial charge on any atom is 0.224 e. The zero-order chi connectivity index (χ0) is 20.6. The summed E-state index contributed by atoms with van der Waals surface area (Å²) in [5.74, 6) is 1.72. The van der Waals surface area contributed by atoms with Gasteiger partial charge < -0.3 is 21.3 Å². The second kappa shape index (κ2) is 10.4. The van der Waals surface area contributed by atoms with Crippen molar-refractivity contribution in [1.29, 1.82) is 5.26 Å². The molecule has 2 heterocycles. The van der Waals surface area contributed by atoms with Crippen LogP contribution in [0.3, 0.4) is 0 Å². The van der Waals surface area contributed by atoms with Crippen LogP contribution >= 0.6 is 0 Å². The molecule has 8 heteroatoms.